The van der Waals surface area contributed by atoms with Gasteiger partial charge in [-0.2, -0.15) is 4.74 Å². The van der Waals surface area contributed by atoms with E-state index in [1.165, 1.54) is 6.26 Å². The summed E-state index contributed by atoms with van der Waals surface area (Å²) in [4.78, 5) is 0. The Morgan fingerprint density at radius 3 is 2.64 bits per heavy atom. The van der Waals surface area contributed by atoms with E-state index in [-0.39, 0.29) is 11.8 Å². The van der Waals surface area contributed by atoms with E-state index in [2.05, 4.69) is 0 Å². The molecule has 0 radical (unpaired) electrons. The lowest BCUT2D eigenvalue weighted by Crippen LogP contribution is -2.57. The molecule has 7 atom stereocenters. The van der Waals surface area contributed by atoms with Crippen LogP contribution in [0.5, 0.6) is 0 Å². The molecule has 10 heteroatoms. The lowest BCUT2D eigenvalue weighted by Gasteiger charge is -2.39. The summed E-state index contributed by atoms with van der Waals surface area (Å²) in [7, 11) is -1.07. The summed E-state index contributed by atoms with van der Waals surface area (Å²) < 4.78 is 17.4. The van der Waals surface area contributed by atoms with Crippen molar-refractivity contribution in [2.24, 2.45) is 0 Å². The average Bonchev–Trinajstić information content (AvgIpc) is 2.80. The van der Waals surface area contributed by atoms with E-state index < -0.39 is 47.3 Å². The number of aliphatic hydroxyl groups excluding tert-OH is 4. The van der Waals surface area contributed by atoms with Crippen LogP contribution in [-0.4, -0.2) is 88.9 Å². The predicted octanol–water partition coefficient (Wildman–Crippen LogP) is -2.03. The summed E-state index contributed by atoms with van der Waals surface area (Å²) in [6.07, 6.45) is -2.64. The first-order valence-electron chi connectivity index (χ1n) is 6.94. The Hall–Kier alpha value is -0.230. The van der Waals surface area contributed by atoms with Crippen molar-refractivity contribution in [1.82, 2.24) is 0 Å². The van der Waals surface area contributed by atoms with Crippen LogP contribution in [0.25, 0.3) is 0 Å². The standard InChI is InChI=1S/C12H21NO7S2/c1-22(19)5-6-2-3-8(13(6)18)21-12-11(17)10(16)9(15)7(4-14)20-12/h6-7,9-12,14-17H,2-5H2,1H3/t6?,7-,9-,10+,11-,12+,22?/m1/s1. The Bertz CT molecular complexity index is 459. The zero-order chi connectivity index (χ0) is 16.4. The van der Waals surface area contributed by atoms with E-state index >= 15 is 0 Å². The van der Waals surface area contributed by atoms with Crippen molar-refractivity contribution in [1.29, 1.82) is 0 Å². The minimum Gasteiger partial charge on any atom is -0.623 e. The van der Waals surface area contributed by atoms with Crippen LogP contribution in [0.15, 0.2) is 0 Å². The number of nitrogens with zero attached hydrogens (tertiary/aromatic N) is 1. The minimum absolute atomic E-state index is 0.280. The molecule has 0 aliphatic carbocycles. The van der Waals surface area contributed by atoms with Gasteiger partial charge in [0.25, 0.3) is 0 Å². The first-order valence-corrected chi connectivity index (χ1v) is 9.55. The molecule has 2 aliphatic heterocycles. The number of thioether (sulfide) groups is 1. The van der Waals surface area contributed by atoms with Crippen molar-refractivity contribution in [3.8, 4) is 0 Å². The van der Waals surface area contributed by atoms with Gasteiger partial charge in [0, 0.05) is 29.9 Å². The van der Waals surface area contributed by atoms with Gasteiger partial charge < -0.3 is 30.4 Å². The molecule has 2 rings (SSSR count). The van der Waals surface area contributed by atoms with E-state index in [9.17, 15) is 24.7 Å². The number of hydrogen-bond acceptors (Lipinski definition) is 8. The quantitative estimate of drug-likeness (QED) is 0.335. The van der Waals surface area contributed by atoms with E-state index in [0.29, 0.717) is 17.9 Å². The fourth-order valence-electron chi connectivity index (χ4n) is 2.55. The van der Waals surface area contributed by atoms with E-state index in [4.69, 9.17) is 9.84 Å². The third kappa shape index (κ3) is 3.81. The van der Waals surface area contributed by atoms with Crippen LogP contribution >= 0.6 is 11.8 Å². The summed E-state index contributed by atoms with van der Waals surface area (Å²) in [6, 6.07) is -0.363. The molecular weight excluding hydrogens is 334 g/mol. The van der Waals surface area contributed by atoms with Gasteiger partial charge in [-0.15, -0.1) is 0 Å². The van der Waals surface area contributed by atoms with Gasteiger partial charge in [-0.25, -0.2) is 0 Å². The molecule has 2 unspecified atom stereocenters. The van der Waals surface area contributed by atoms with Gasteiger partial charge in [-0.1, -0.05) is 0 Å². The Morgan fingerprint density at radius 1 is 1.36 bits per heavy atom. The second-order valence-electron chi connectivity index (χ2n) is 5.47. The topological polar surface area (TPSA) is 133 Å². The fraction of sp³-hybridized carbons (Fsp3) is 0.917. The first-order chi connectivity index (χ1) is 10.3. The van der Waals surface area contributed by atoms with Crippen LogP contribution in [0.2, 0.25) is 0 Å². The first kappa shape index (κ1) is 18.1. The Kier molecular flexibility index (Phi) is 6.22. The third-order valence-electron chi connectivity index (χ3n) is 3.80. The van der Waals surface area contributed by atoms with Crippen LogP contribution < -0.4 is 0 Å². The fourth-order valence-corrected chi connectivity index (χ4v) is 4.65. The van der Waals surface area contributed by atoms with Crippen molar-refractivity contribution < 1.29 is 34.1 Å². The lowest BCUT2D eigenvalue weighted by atomic mass is 10.0. The maximum Gasteiger partial charge on any atom is 0.224 e. The van der Waals surface area contributed by atoms with E-state index in [0.717, 1.165) is 16.5 Å². The van der Waals surface area contributed by atoms with Gasteiger partial charge in [0.05, 0.1) is 12.4 Å². The molecule has 8 nitrogen and oxygen atoms in total. The second-order valence-corrected chi connectivity index (χ2v) is 8.12. The van der Waals surface area contributed by atoms with Crippen molar-refractivity contribution in [2.45, 2.75) is 48.7 Å². The van der Waals surface area contributed by atoms with E-state index in [1.807, 2.05) is 0 Å². The summed E-state index contributed by atoms with van der Waals surface area (Å²) >= 11 is 0.977. The molecule has 0 spiro atoms. The number of hydrogen-bond donors (Lipinski definition) is 4. The molecule has 4 N–H and O–H groups in total. The second kappa shape index (κ2) is 7.56. The molecule has 1 fully saturated rings. The van der Waals surface area contributed by atoms with Crippen molar-refractivity contribution in [3.63, 3.8) is 0 Å². The van der Waals surface area contributed by atoms with Gasteiger partial charge in [-0.3, -0.25) is 4.21 Å². The third-order valence-corrected chi connectivity index (χ3v) is 5.93. The molecule has 0 aromatic rings. The Balaban J connectivity index is 2.06. The molecule has 0 amide bonds. The Morgan fingerprint density at radius 2 is 2.05 bits per heavy atom. The highest BCUT2D eigenvalue weighted by molar-refractivity contribution is 8.14. The van der Waals surface area contributed by atoms with E-state index in [1.54, 1.807) is 0 Å². The number of aliphatic hydroxyl groups is 4. The zero-order valence-corrected chi connectivity index (χ0v) is 13.7. The normalized spacial score (nSPS) is 41.0. The maximum atomic E-state index is 12.1. The molecule has 2 heterocycles. The molecule has 128 valence electrons. The predicted molar refractivity (Wildman–Crippen MR) is 81.9 cm³/mol. The molecule has 0 aromatic heterocycles. The number of rotatable bonds is 4. The summed E-state index contributed by atoms with van der Waals surface area (Å²) in [6.45, 7) is -0.504. The van der Waals surface area contributed by atoms with Crippen LogP contribution in [0.1, 0.15) is 12.8 Å². The maximum absolute atomic E-state index is 12.1. The molecule has 1 saturated heterocycles. The highest BCUT2D eigenvalue weighted by Crippen LogP contribution is 2.32. The van der Waals surface area contributed by atoms with Gasteiger partial charge >= 0.3 is 0 Å². The summed E-state index contributed by atoms with van der Waals surface area (Å²) in [5.41, 5.74) is -0.951. The molecule has 0 saturated carbocycles. The number of ether oxygens (including phenoxy) is 1. The van der Waals surface area contributed by atoms with Crippen molar-refractivity contribution in [3.05, 3.63) is 5.21 Å². The van der Waals surface area contributed by atoms with Crippen LogP contribution in [0, 0.1) is 5.21 Å². The molecule has 22 heavy (non-hydrogen) atoms. The number of hydroxylamine groups is 1. The molecule has 0 aromatic carbocycles. The smallest absolute Gasteiger partial charge is 0.224 e. The van der Waals surface area contributed by atoms with Gasteiger partial charge in [-0.05, 0) is 11.8 Å². The highest BCUT2D eigenvalue weighted by atomic mass is 32.2. The lowest BCUT2D eigenvalue weighted by molar-refractivity contribution is -0.483. The zero-order valence-electron chi connectivity index (χ0n) is 12.1. The van der Waals surface area contributed by atoms with Crippen molar-refractivity contribution >= 4 is 27.6 Å². The van der Waals surface area contributed by atoms with Crippen molar-refractivity contribution in [2.75, 3.05) is 18.6 Å². The average molecular weight is 355 g/mol. The van der Waals surface area contributed by atoms with Crippen LogP contribution in [-0.2, 0) is 15.5 Å². The molecule has 0 bridgehead atoms. The van der Waals surface area contributed by atoms with Gasteiger partial charge in [0.2, 0.25) is 5.04 Å². The largest absolute Gasteiger partial charge is 0.623 e. The Labute approximate surface area is 134 Å². The van der Waals surface area contributed by atoms with Gasteiger partial charge in [0.1, 0.15) is 29.9 Å². The molecule has 2 aliphatic rings. The monoisotopic (exact) mass is 355 g/mol. The van der Waals surface area contributed by atoms with Gasteiger partial charge in [0.15, 0.2) is 6.04 Å². The molecular formula is C12H21NO7S2. The SMILES string of the molecule is CS(=O)CC1CCC(S[C@@H]2O[C@H](CO)[C@@H](O)[C@H](O)[C@H]2O)=[N+]1[O-]. The minimum atomic E-state index is -1.45. The summed E-state index contributed by atoms with van der Waals surface area (Å²) in [5.74, 6) is 0.280. The van der Waals surface area contributed by atoms with Crippen LogP contribution in [0.3, 0.4) is 0 Å². The van der Waals surface area contributed by atoms with Crippen LogP contribution in [0.4, 0.5) is 0 Å². The summed E-state index contributed by atoms with van der Waals surface area (Å²) in [5, 5.41) is 51.1. The highest BCUT2D eigenvalue weighted by Gasteiger charge is 2.45.